The smallest absolute Gasteiger partial charge is 0.240 e. The lowest BCUT2D eigenvalue weighted by Gasteiger charge is -2.27. The van der Waals surface area contributed by atoms with Gasteiger partial charge in [0.05, 0.1) is 6.54 Å². The monoisotopic (exact) mass is 294 g/mol. The Bertz CT molecular complexity index is 653. The van der Waals surface area contributed by atoms with Crippen LogP contribution >= 0.6 is 0 Å². The lowest BCUT2D eigenvalue weighted by atomic mass is 10.1. The van der Waals surface area contributed by atoms with Gasteiger partial charge in [0.2, 0.25) is 5.91 Å². The number of fused-ring (bicyclic) bond motifs is 1. The summed E-state index contributed by atoms with van der Waals surface area (Å²) in [4.78, 5) is 16.4. The molecule has 22 heavy (non-hydrogen) atoms. The van der Waals surface area contributed by atoms with Crippen LogP contribution in [0, 0.1) is 0 Å². The van der Waals surface area contributed by atoms with E-state index in [1.165, 1.54) is 11.1 Å². The molecule has 0 aliphatic heterocycles. The van der Waals surface area contributed by atoms with Crippen molar-refractivity contribution in [1.29, 1.82) is 0 Å². The van der Waals surface area contributed by atoms with Gasteiger partial charge in [-0.15, -0.1) is 0 Å². The average Bonchev–Trinajstić information content (AvgIpc) is 2.99. The number of para-hydroxylation sites is 1. The molecule has 3 rings (SSSR count). The van der Waals surface area contributed by atoms with Gasteiger partial charge < -0.3 is 4.90 Å². The van der Waals surface area contributed by atoms with Crippen LogP contribution in [0.2, 0.25) is 0 Å². The predicted octanol–water partition coefficient (Wildman–Crippen LogP) is 3.27. The molecule has 1 unspecified atom stereocenters. The first kappa shape index (κ1) is 14.8. The number of carbonyl (C=O) groups excluding carboxylic acids is 1. The highest BCUT2D eigenvalue weighted by Gasteiger charge is 2.27. The van der Waals surface area contributed by atoms with Gasteiger partial charge in [0, 0.05) is 18.8 Å². The van der Waals surface area contributed by atoms with E-state index in [1.807, 2.05) is 44.4 Å². The second kappa shape index (κ2) is 6.32. The Morgan fingerprint density at radius 1 is 1.05 bits per heavy atom. The van der Waals surface area contributed by atoms with E-state index in [1.54, 1.807) is 4.90 Å². The molecule has 0 spiro atoms. The number of hydrogen-bond acceptors (Lipinski definition) is 2. The molecule has 2 aromatic carbocycles. The van der Waals surface area contributed by atoms with E-state index in [-0.39, 0.29) is 5.91 Å². The van der Waals surface area contributed by atoms with Crippen LogP contribution in [0.4, 0.5) is 5.69 Å². The van der Waals surface area contributed by atoms with E-state index >= 15 is 0 Å². The summed E-state index contributed by atoms with van der Waals surface area (Å²) in [6.45, 7) is 0.435. The number of rotatable bonds is 4. The standard InChI is InChI=1S/C19H22N2O/c1-20(18-13-12-15-8-6-7-11-17(15)18)14-19(22)21(2)16-9-4-3-5-10-16/h3-11,18H,12-14H2,1-2H3. The molecule has 0 radical (unpaired) electrons. The topological polar surface area (TPSA) is 23.6 Å². The maximum absolute atomic E-state index is 12.5. The van der Waals surface area contributed by atoms with Gasteiger partial charge in [-0.3, -0.25) is 9.69 Å². The van der Waals surface area contributed by atoms with Gasteiger partial charge in [0.1, 0.15) is 0 Å². The second-order valence-corrected chi connectivity index (χ2v) is 5.96. The van der Waals surface area contributed by atoms with Crippen LogP contribution < -0.4 is 4.90 Å². The van der Waals surface area contributed by atoms with Crippen molar-refractivity contribution in [2.75, 3.05) is 25.5 Å². The molecule has 0 N–H and O–H groups in total. The van der Waals surface area contributed by atoms with Crippen LogP contribution in [0.15, 0.2) is 54.6 Å². The van der Waals surface area contributed by atoms with Crippen molar-refractivity contribution in [1.82, 2.24) is 4.90 Å². The predicted molar refractivity (Wildman–Crippen MR) is 90.0 cm³/mol. The Labute approximate surface area is 132 Å². The van der Waals surface area contributed by atoms with E-state index in [0.717, 1.165) is 18.5 Å². The first-order valence-electron chi connectivity index (χ1n) is 7.76. The number of benzene rings is 2. The van der Waals surface area contributed by atoms with E-state index in [9.17, 15) is 4.79 Å². The summed E-state index contributed by atoms with van der Waals surface area (Å²) in [5.74, 6) is 0.123. The lowest BCUT2D eigenvalue weighted by molar-refractivity contribution is -0.119. The Kier molecular flexibility index (Phi) is 4.25. The van der Waals surface area contributed by atoms with Crippen LogP contribution in [0.25, 0.3) is 0 Å². The molecule has 1 aliphatic rings. The van der Waals surface area contributed by atoms with Crippen molar-refractivity contribution in [3.8, 4) is 0 Å². The molecule has 0 saturated carbocycles. The molecule has 114 valence electrons. The Morgan fingerprint density at radius 2 is 1.73 bits per heavy atom. The minimum absolute atomic E-state index is 0.123. The second-order valence-electron chi connectivity index (χ2n) is 5.96. The summed E-state index contributed by atoms with van der Waals surface area (Å²) >= 11 is 0. The molecule has 3 nitrogen and oxygen atoms in total. The summed E-state index contributed by atoms with van der Waals surface area (Å²) in [6.07, 6.45) is 2.20. The first-order valence-corrected chi connectivity index (χ1v) is 7.76. The molecule has 0 bridgehead atoms. The molecule has 1 amide bonds. The number of nitrogens with zero attached hydrogens (tertiary/aromatic N) is 2. The van der Waals surface area contributed by atoms with E-state index in [0.29, 0.717) is 12.6 Å². The zero-order chi connectivity index (χ0) is 15.5. The fourth-order valence-corrected chi connectivity index (χ4v) is 3.22. The van der Waals surface area contributed by atoms with E-state index in [2.05, 4.69) is 29.2 Å². The van der Waals surface area contributed by atoms with Crippen molar-refractivity contribution in [3.63, 3.8) is 0 Å². The molecule has 1 aliphatic carbocycles. The number of anilines is 1. The Morgan fingerprint density at radius 3 is 2.50 bits per heavy atom. The highest BCUT2D eigenvalue weighted by molar-refractivity contribution is 5.94. The minimum Gasteiger partial charge on any atom is -0.314 e. The zero-order valence-corrected chi connectivity index (χ0v) is 13.2. The van der Waals surface area contributed by atoms with Gasteiger partial charge in [0.15, 0.2) is 0 Å². The van der Waals surface area contributed by atoms with Gasteiger partial charge in [-0.05, 0) is 43.1 Å². The molecule has 1 atom stereocenters. The fraction of sp³-hybridized carbons (Fsp3) is 0.316. The van der Waals surface area contributed by atoms with Crippen LogP contribution in [0.1, 0.15) is 23.6 Å². The van der Waals surface area contributed by atoms with Gasteiger partial charge in [-0.1, -0.05) is 42.5 Å². The van der Waals surface area contributed by atoms with Gasteiger partial charge in [0.25, 0.3) is 0 Å². The summed E-state index contributed by atoms with van der Waals surface area (Å²) < 4.78 is 0. The Hall–Kier alpha value is -2.13. The lowest BCUT2D eigenvalue weighted by Crippen LogP contribution is -2.37. The normalized spacial score (nSPS) is 16.6. The van der Waals surface area contributed by atoms with Crippen molar-refractivity contribution >= 4 is 11.6 Å². The van der Waals surface area contributed by atoms with Crippen LogP contribution in [0.5, 0.6) is 0 Å². The molecule has 0 fully saturated rings. The van der Waals surface area contributed by atoms with Gasteiger partial charge in [-0.25, -0.2) is 0 Å². The maximum Gasteiger partial charge on any atom is 0.240 e. The molecule has 0 aromatic heterocycles. The molecule has 0 saturated heterocycles. The van der Waals surface area contributed by atoms with Gasteiger partial charge >= 0.3 is 0 Å². The summed E-state index contributed by atoms with van der Waals surface area (Å²) in [5, 5.41) is 0. The van der Waals surface area contributed by atoms with E-state index < -0.39 is 0 Å². The fourth-order valence-electron chi connectivity index (χ4n) is 3.22. The van der Waals surface area contributed by atoms with Crippen molar-refractivity contribution < 1.29 is 4.79 Å². The number of hydrogen-bond donors (Lipinski definition) is 0. The highest BCUT2D eigenvalue weighted by Crippen LogP contribution is 2.34. The maximum atomic E-state index is 12.5. The zero-order valence-electron chi connectivity index (χ0n) is 13.2. The summed E-state index contributed by atoms with van der Waals surface area (Å²) in [6, 6.07) is 18.7. The summed E-state index contributed by atoms with van der Waals surface area (Å²) in [7, 11) is 3.89. The minimum atomic E-state index is 0.123. The quantitative estimate of drug-likeness (QED) is 0.864. The third kappa shape index (κ3) is 2.90. The van der Waals surface area contributed by atoms with Gasteiger partial charge in [-0.2, -0.15) is 0 Å². The third-order valence-corrected chi connectivity index (χ3v) is 4.54. The molecule has 2 aromatic rings. The SMILES string of the molecule is CN(C(=O)CN(C)C1CCc2ccccc21)c1ccccc1. The first-order chi connectivity index (χ1) is 10.7. The number of aryl methyl sites for hydroxylation is 1. The molecular weight excluding hydrogens is 272 g/mol. The van der Waals surface area contributed by atoms with E-state index in [4.69, 9.17) is 0 Å². The number of carbonyl (C=O) groups is 1. The molecule has 3 heteroatoms. The number of likely N-dealkylation sites (N-methyl/N-ethyl adjacent to an activating group) is 2. The van der Waals surface area contributed by atoms with Crippen molar-refractivity contribution in [2.45, 2.75) is 18.9 Å². The molecular formula is C19H22N2O. The van der Waals surface area contributed by atoms with Crippen LogP contribution in [-0.2, 0) is 11.2 Å². The Balaban J connectivity index is 1.67. The third-order valence-electron chi connectivity index (χ3n) is 4.54. The highest BCUT2D eigenvalue weighted by atomic mass is 16.2. The molecule has 0 heterocycles. The van der Waals surface area contributed by atoms with Crippen molar-refractivity contribution in [2.24, 2.45) is 0 Å². The number of amides is 1. The summed E-state index contributed by atoms with van der Waals surface area (Å²) in [5.41, 5.74) is 3.73. The van der Waals surface area contributed by atoms with Crippen LogP contribution in [0.3, 0.4) is 0 Å². The van der Waals surface area contributed by atoms with Crippen molar-refractivity contribution in [3.05, 3.63) is 65.7 Å². The largest absolute Gasteiger partial charge is 0.314 e. The van der Waals surface area contributed by atoms with Crippen LogP contribution in [-0.4, -0.2) is 31.4 Å². The average molecular weight is 294 g/mol.